The van der Waals surface area contributed by atoms with Crippen LogP contribution < -0.4 is 0 Å². The standard InChI is InChI=1S/C8H5FN2O/c9-7-5-3-1-2-4-6(5)10-8(12)11-7/h1-4H,(H,10,11,12). The SMILES string of the molecule is Oc1nc(F)c2ccccc2n1. The highest BCUT2D eigenvalue weighted by Gasteiger charge is 2.03. The van der Waals surface area contributed by atoms with Crippen molar-refractivity contribution in [1.82, 2.24) is 9.97 Å². The maximum absolute atomic E-state index is 12.9. The molecule has 0 radical (unpaired) electrons. The van der Waals surface area contributed by atoms with Crippen molar-refractivity contribution in [2.24, 2.45) is 0 Å². The van der Waals surface area contributed by atoms with Crippen molar-refractivity contribution in [3.8, 4) is 6.01 Å². The Kier molecular flexibility index (Phi) is 1.40. The Morgan fingerprint density at radius 1 is 1.17 bits per heavy atom. The molecule has 0 aliphatic carbocycles. The first-order valence-electron chi connectivity index (χ1n) is 3.38. The number of fused-ring (bicyclic) bond motifs is 1. The van der Waals surface area contributed by atoms with Crippen LogP contribution in [0.5, 0.6) is 6.01 Å². The minimum Gasteiger partial charge on any atom is -0.479 e. The monoisotopic (exact) mass is 164 g/mol. The molecule has 0 bridgehead atoms. The van der Waals surface area contributed by atoms with E-state index in [1.165, 1.54) is 0 Å². The number of aromatic hydroxyl groups is 1. The molecular weight excluding hydrogens is 159 g/mol. The third-order valence-electron chi connectivity index (χ3n) is 1.54. The van der Waals surface area contributed by atoms with Crippen LogP contribution in [0.3, 0.4) is 0 Å². The van der Waals surface area contributed by atoms with E-state index >= 15 is 0 Å². The average Bonchev–Trinajstić information content (AvgIpc) is 2.04. The van der Waals surface area contributed by atoms with E-state index in [1.807, 2.05) is 0 Å². The van der Waals surface area contributed by atoms with Gasteiger partial charge in [0, 0.05) is 0 Å². The lowest BCUT2D eigenvalue weighted by molar-refractivity contribution is 0.418. The second-order valence-electron chi connectivity index (χ2n) is 2.33. The van der Waals surface area contributed by atoms with Gasteiger partial charge in [0.15, 0.2) is 0 Å². The Bertz CT molecular complexity index is 430. The first-order chi connectivity index (χ1) is 5.77. The molecule has 3 nitrogen and oxygen atoms in total. The van der Waals surface area contributed by atoms with Crippen molar-refractivity contribution in [3.05, 3.63) is 30.2 Å². The molecule has 60 valence electrons. The first kappa shape index (κ1) is 6.97. The zero-order chi connectivity index (χ0) is 8.55. The molecule has 12 heavy (non-hydrogen) atoms. The Morgan fingerprint density at radius 2 is 1.92 bits per heavy atom. The third kappa shape index (κ3) is 0.972. The van der Waals surface area contributed by atoms with Crippen molar-refractivity contribution in [2.45, 2.75) is 0 Å². The number of hydrogen-bond donors (Lipinski definition) is 1. The second-order valence-corrected chi connectivity index (χ2v) is 2.33. The quantitative estimate of drug-likeness (QED) is 0.600. The molecule has 4 heteroatoms. The number of rotatable bonds is 0. The summed E-state index contributed by atoms with van der Waals surface area (Å²) < 4.78 is 12.9. The van der Waals surface area contributed by atoms with E-state index in [0.717, 1.165) is 0 Å². The van der Waals surface area contributed by atoms with Gasteiger partial charge in [0.05, 0.1) is 10.9 Å². The second kappa shape index (κ2) is 2.41. The molecule has 0 unspecified atom stereocenters. The smallest absolute Gasteiger partial charge is 0.317 e. The van der Waals surface area contributed by atoms with Crippen LogP contribution in [-0.2, 0) is 0 Å². The topological polar surface area (TPSA) is 46.0 Å². The van der Waals surface area contributed by atoms with Crippen molar-refractivity contribution in [3.63, 3.8) is 0 Å². The summed E-state index contributed by atoms with van der Waals surface area (Å²) in [6.07, 6.45) is 0. The van der Waals surface area contributed by atoms with E-state index in [0.29, 0.717) is 10.9 Å². The summed E-state index contributed by atoms with van der Waals surface area (Å²) in [4.78, 5) is 6.82. The molecule has 1 aromatic carbocycles. The number of hydrogen-bond acceptors (Lipinski definition) is 3. The Hall–Kier alpha value is -1.71. The van der Waals surface area contributed by atoms with Crippen LogP contribution in [0.15, 0.2) is 24.3 Å². The van der Waals surface area contributed by atoms with Crippen LogP contribution >= 0.6 is 0 Å². The molecule has 2 aromatic rings. The van der Waals surface area contributed by atoms with Gasteiger partial charge in [-0.05, 0) is 12.1 Å². The Morgan fingerprint density at radius 3 is 2.75 bits per heavy atom. The highest BCUT2D eigenvalue weighted by atomic mass is 19.1. The van der Waals surface area contributed by atoms with E-state index in [2.05, 4.69) is 9.97 Å². The van der Waals surface area contributed by atoms with Gasteiger partial charge in [-0.1, -0.05) is 12.1 Å². The van der Waals surface area contributed by atoms with E-state index in [1.54, 1.807) is 24.3 Å². The van der Waals surface area contributed by atoms with Gasteiger partial charge in [-0.3, -0.25) is 0 Å². The maximum atomic E-state index is 12.9. The molecule has 0 aliphatic heterocycles. The summed E-state index contributed by atoms with van der Waals surface area (Å²) in [5, 5.41) is 9.16. The number of nitrogens with zero attached hydrogens (tertiary/aromatic N) is 2. The molecule has 1 aromatic heterocycles. The highest BCUT2D eigenvalue weighted by Crippen LogP contribution is 2.15. The highest BCUT2D eigenvalue weighted by molar-refractivity contribution is 5.78. The lowest BCUT2D eigenvalue weighted by Crippen LogP contribution is -1.88. The summed E-state index contributed by atoms with van der Waals surface area (Å²) in [5.41, 5.74) is 0.405. The minimum absolute atomic E-state index is 0.315. The fraction of sp³-hybridized carbons (Fsp3) is 0. The summed E-state index contributed by atoms with van der Waals surface area (Å²) in [6, 6.07) is 6.04. The number of halogens is 1. The molecule has 2 rings (SSSR count). The molecule has 0 saturated carbocycles. The van der Waals surface area contributed by atoms with Crippen LogP contribution in [0, 0.1) is 5.95 Å². The lowest BCUT2D eigenvalue weighted by atomic mass is 10.2. The fourth-order valence-corrected chi connectivity index (χ4v) is 1.03. The average molecular weight is 164 g/mol. The van der Waals surface area contributed by atoms with Gasteiger partial charge in [0.2, 0.25) is 5.95 Å². The molecule has 0 atom stereocenters. The van der Waals surface area contributed by atoms with Gasteiger partial charge in [0.25, 0.3) is 0 Å². The molecule has 1 N–H and O–H groups in total. The molecule has 0 fully saturated rings. The van der Waals surface area contributed by atoms with Crippen molar-refractivity contribution < 1.29 is 9.50 Å². The van der Waals surface area contributed by atoms with E-state index in [4.69, 9.17) is 5.11 Å². The predicted molar refractivity (Wildman–Crippen MR) is 41.2 cm³/mol. The van der Waals surface area contributed by atoms with Crippen molar-refractivity contribution in [1.29, 1.82) is 0 Å². The largest absolute Gasteiger partial charge is 0.479 e. The predicted octanol–water partition coefficient (Wildman–Crippen LogP) is 1.47. The Labute approximate surface area is 67.5 Å². The van der Waals surface area contributed by atoms with Gasteiger partial charge in [-0.15, -0.1) is 0 Å². The number of benzene rings is 1. The first-order valence-corrected chi connectivity index (χ1v) is 3.38. The van der Waals surface area contributed by atoms with Gasteiger partial charge in [-0.2, -0.15) is 14.4 Å². The summed E-state index contributed by atoms with van der Waals surface area (Å²) in [6.45, 7) is 0. The molecular formula is C8H5FN2O. The number of para-hydroxylation sites is 1. The molecule has 0 aliphatic rings. The summed E-state index contributed by atoms with van der Waals surface area (Å²) in [7, 11) is 0. The van der Waals surface area contributed by atoms with Gasteiger partial charge in [-0.25, -0.2) is 0 Å². The normalized spacial score (nSPS) is 10.4. The zero-order valence-electron chi connectivity index (χ0n) is 6.03. The van der Waals surface area contributed by atoms with Gasteiger partial charge < -0.3 is 5.11 Å². The van der Waals surface area contributed by atoms with Gasteiger partial charge in [0.1, 0.15) is 0 Å². The number of aromatic nitrogens is 2. The van der Waals surface area contributed by atoms with Crippen LogP contribution in [0.2, 0.25) is 0 Å². The van der Waals surface area contributed by atoms with Gasteiger partial charge >= 0.3 is 6.01 Å². The molecule has 0 amide bonds. The maximum Gasteiger partial charge on any atom is 0.317 e. The van der Waals surface area contributed by atoms with E-state index < -0.39 is 12.0 Å². The fourth-order valence-electron chi connectivity index (χ4n) is 1.03. The lowest BCUT2D eigenvalue weighted by Gasteiger charge is -1.96. The van der Waals surface area contributed by atoms with Crippen LogP contribution in [0.25, 0.3) is 10.9 Å². The third-order valence-corrected chi connectivity index (χ3v) is 1.54. The van der Waals surface area contributed by atoms with Crippen LogP contribution in [0.4, 0.5) is 4.39 Å². The Balaban J connectivity index is 2.89. The molecule has 0 saturated heterocycles. The van der Waals surface area contributed by atoms with Crippen LogP contribution in [0.1, 0.15) is 0 Å². The summed E-state index contributed by atoms with van der Waals surface area (Å²) >= 11 is 0. The van der Waals surface area contributed by atoms with Crippen molar-refractivity contribution in [2.75, 3.05) is 0 Å². The van der Waals surface area contributed by atoms with E-state index in [-0.39, 0.29) is 0 Å². The van der Waals surface area contributed by atoms with Crippen LogP contribution in [-0.4, -0.2) is 15.1 Å². The molecule has 0 spiro atoms. The van der Waals surface area contributed by atoms with E-state index in [9.17, 15) is 4.39 Å². The minimum atomic E-state index is -0.696. The van der Waals surface area contributed by atoms with Crippen molar-refractivity contribution >= 4 is 10.9 Å². The zero-order valence-corrected chi connectivity index (χ0v) is 6.03. The molecule has 1 heterocycles. The summed E-state index contributed by atoms with van der Waals surface area (Å²) in [5.74, 6) is -0.696.